The van der Waals surface area contributed by atoms with E-state index in [4.69, 9.17) is 4.74 Å². The van der Waals surface area contributed by atoms with Crippen molar-refractivity contribution in [3.05, 3.63) is 64.7 Å². The van der Waals surface area contributed by atoms with Crippen molar-refractivity contribution < 1.29 is 9.53 Å². The van der Waals surface area contributed by atoms with Gasteiger partial charge < -0.3 is 4.74 Å². The molecule has 0 saturated heterocycles. The van der Waals surface area contributed by atoms with E-state index in [0.717, 1.165) is 28.0 Å². The molecule has 0 amide bonds. The Balaban J connectivity index is 2.23. The SMILES string of the molecule is COc1ccc(C(=O)Cc2ccccc2C)c(C)c1. The van der Waals surface area contributed by atoms with Crippen LogP contribution < -0.4 is 4.74 Å². The molecule has 0 N–H and O–H groups in total. The van der Waals surface area contributed by atoms with Gasteiger partial charge in [0, 0.05) is 12.0 Å². The van der Waals surface area contributed by atoms with Gasteiger partial charge in [-0.1, -0.05) is 24.3 Å². The average Bonchev–Trinajstić information content (AvgIpc) is 2.41. The van der Waals surface area contributed by atoms with Crippen LogP contribution in [0.25, 0.3) is 0 Å². The first kappa shape index (κ1) is 13.3. The highest BCUT2D eigenvalue weighted by molar-refractivity contribution is 5.99. The lowest BCUT2D eigenvalue weighted by atomic mass is 9.97. The number of carbonyl (C=O) groups excluding carboxylic acids is 1. The first-order valence-electron chi connectivity index (χ1n) is 6.34. The predicted molar refractivity (Wildman–Crippen MR) is 76.9 cm³/mol. The van der Waals surface area contributed by atoms with Crippen molar-refractivity contribution in [1.82, 2.24) is 0 Å². The lowest BCUT2D eigenvalue weighted by Crippen LogP contribution is -2.06. The second-order valence-electron chi connectivity index (χ2n) is 4.71. The highest BCUT2D eigenvalue weighted by Gasteiger charge is 2.11. The van der Waals surface area contributed by atoms with E-state index in [1.807, 2.05) is 56.3 Å². The largest absolute Gasteiger partial charge is 0.497 e. The first-order chi connectivity index (χ1) is 9.11. The summed E-state index contributed by atoms with van der Waals surface area (Å²) in [4.78, 5) is 12.3. The minimum atomic E-state index is 0.148. The molecule has 0 saturated carbocycles. The third-order valence-electron chi connectivity index (χ3n) is 3.35. The van der Waals surface area contributed by atoms with Crippen LogP contribution in [0.2, 0.25) is 0 Å². The fourth-order valence-corrected chi connectivity index (χ4v) is 2.15. The van der Waals surface area contributed by atoms with E-state index < -0.39 is 0 Å². The van der Waals surface area contributed by atoms with Crippen molar-refractivity contribution in [3.8, 4) is 5.75 Å². The van der Waals surface area contributed by atoms with E-state index in [0.29, 0.717) is 6.42 Å². The van der Waals surface area contributed by atoms with Crippen molar-refractivity contribution >= 4 is 5.78 Å². The molecule has 0 bridgehead atoms. The molecule has 0 fully saturated rings. The predicted octanol–water partition coefficient (Wildman–Crippen LogP) is 3.74. The first-order valence-corrected chi connectivity index (χ1v) is 6.34. The number of hydrogen-bond acceptors (Lipinski definition) is 2. The Hall–Kier alpha value is -2.09. The van der Waals surface area contributed by atoms with E-state index in [2.05, 4.69) is 0 Å². The van der Waals surface area contributed by atoms with Gasteiger partial charge in [-0.05, 0) is 48.7 Å². The Kier molecular flexibility index (Phi) is 4.00. The monoisotopic (exact) mass is 254 g/mol. The highest BCUT2D eigenvalue weighted by Crippen LogP contribution is 2.19. The molecule has 19 heavy (non-hydrogen) atoms. The van der Waals surface area contributed by atoms with E-state index in [9.17, 15) is 4.79 Å². The van der Waals surface area contributed by atoms with Crippen LogP contribution in [0.3, 0.4) is 0 Å². The number of ether oxygens (including phenoxy) is 1. The smallest absolute Gasteiger partial charge is 0.167 e. The standard InChI is InChI=1S/C17H18O2/c1-12-6-4-5-7-14(12)11-17(18)16-9-8-15(19-3)10-13(16)2/h4-10H,11H2,1-3H3. The molecule has 0 atom stereocenters. The van der Waals surface area contributed by atoms with Crippen molar-refractivity contribution in [3.63, 3.8) is 0 Å². The number of carbonyl (C=O) groups is 1. The van der Waals surface area contributed by atoms with Crippen LogP contribution in [0.4, 0.5) is 0 Å². The number of ketones is 1. The topological polar surface area (TPSA) is 26.3 Å². The molecule has 2 heteroatoms. The summed E-state index contributed by atoms with van der Waals surface area (Å²) in [5.74, 6) is 0.930. The van der Waals surface area contributed by atoms with Crippen molar-refractivity contribution in [2.75, 3.05) is 7.11 Å². The van der Waals surface area contributed by atoms with Gasteiger partial charge in [0.15, 0.2) is 5.78 Å². The maximum absolute atomic E-state index is 12.3. The van der Waals surface area contributed by atoms with Gasteiger partial charge in [-0.3, -0.25) is 4.79 Å². The Bertz CT molecular complexity index is 600. The van der Waals surface area contributed by atoms with Crippen LogP contribution in [0.5, 0.6) is 5.75 Å². The fraction of sp³-hybridized carbons (Fsp3) is 0.235. The van der Waals surface area contributed by atoms with Gasteiger partial charge in [0.05, 0.1) is 7.11 Å². The molecule has 98 valence electrons. The molecule has 2 rings (SSSR count). The van der Waals surface area contributed by atoms with Crippen LogP contribution in [0, 0.1) is 13.8 Å². The lowest BCUT2D eigenvalue weighted by Gasteiger charge is -2.08. The van der Waals surface area contributed by atoms with Gasteiger partial charge in [0.1, 0.15) is 5.75 Å². The molecule has 0 aliphatic rings. The Morgan fingerprint density at radius 2 is 1.79 bits per heavy atom. The summed E-state index contributed by atoms with van der Waals surface area (Å²) in [6, 6.07) is 13.6. The maximum atomic E-state index is 12.3. The van der Waals surface area contributed by atoms with Gasteiger partial charge in [0.2, 0.25) is 0 Å². The number of rotatable bonds is 4. The van der Waals surface area contributed by atoms with Gasteiger partial charge in [-0.15, -0.1) is 0 Å². The molecule has 0 radical (unpaired) electrons. The van der Waals surface area contributed by atoms with Crippen LogP contribution in [0.15, 0.2) is 42.5 Å². The van der Waals surface area contributed by atoms with Gasteiger partial charge in [0.25, 0.3) is 0 Å². The third kappa shape index (κ3) is 3.02. The normalized spacial score (nSPS) is 10.3. The summed E-state index contributed by atoms with van der Waals surface area (Å²) < 4.78 is 5.16. The van der Waals surface area contributed by atoms with Gasteiger partial charge in [-0.25, -0.2) is 0 Å². The number of aryl methyl sites for hydroxylation is 2. The van der Waals surface area contributed by atoms with Crippen LogP contribution in [-0.2, 0) is 6.42 Å². The van der Waals surface area contributed by atoms with Gasteiger partial charge >= 0.3 is 0 Å². The molecule has 2 aromatic rings. The number of methoxy groups -OCH3 is 1. The van der Waals surface area contributed by atoms with Crippen molar-refractivity contribution in [2.45, 2.75) is 20.3 Å². The minimum Gasteiger partial charge on any atom is -0.497 e. The average molecular weight is 254 g/mol. The molecule has 0 aliphatic heterocycles. The summed E-state index contributed by atoms with van der Waals surface area (Å²) in [6.45, 7) is 3.97. The molecule has 2 nitrogen and oxygen atoms in total. The van der Waals surface area contributed by atoms with Crippen LogP contribution in [-0.4, -0.2) is 12.9 Å². The summed E-state index contributed by atoms with van der Waals surface area (Å²) in [5, 5.41) is 0. The Morgan fingerprint density at radius 3 is 2.42 bits per heavy atom. The fourth-order valence-electron chi connectivity index (χ4n) is 2.15. The zero-order valence-corrected chi connectivity index (χ0v) is 11.6. The zero-order valence-electron chi connectivity index (χ0n) is 11.6. The minimum absolute atomic E-state index is 0.148. The molecular weight excluding hydrogens is 236 g/mol. The number of Topliss-reactive ketones (excluding diaryl/α,β-unsaturated/α-hetero) is 1. The highest BCUT2D eigenvalue weighted by atomic mass is 16.5. The zero-order chi connectivity index (χ0) is 13.8. The molecule has 0 spiro atoms. The van der Waals surface area contributed by atoms with E-state index in [1.165, 1.54) is 0 Å². The molecule has 0 aliphatic carbocycles. The number of benzene rings is 2. The molecular formula is C17H18O2. The molecule has 0 unspecified atom stereocenters. The summed E-state index contributed by atoms with van der Waals surface area (Å²) in [6.07, 6.45) is 0.444. The second-order valence-corrected chi connectivity index (χ2v) is 4.71. The second kappa shape index (κ2) is 5.70. The summed E-state index contributed by atoms with van der Waals surface area (Å²) in [5.41, 5.74) is 3.96. The van der Waals surface area contributed by atoms with E-state index >= 15 is 0 Å². The Labute approximate surface area is 114 Å². The van der Waals surface area contributed by atoms with Crippen molar-refractivity contribution in [2.24, 2.45) is 0 Å². The molecule has 0 aromatic heterocycles. The van der Waals surface area contributed by atoms with Crippen LogP contribution >= 0.6 is 0 Å². The van der Waals surface area contributed by atoms with E-state index in [1.54, 1.807) is 7.11 Å². The van der Waals surface area contributed by atoms with Crippen LogP contribution in [0.1, 0.15) is 27.0 Å². The quantitative estimate of drug-likeness (QED) is 0.777. The van der Waals surface area contributed by atoms with Crippen molar-refractivity contribution in [1.29, 1.82) is 0 Å². The summed E-state index contributed by atoms with van der Waals surface area (Å²) >= 11 is 0. The molecule has 2 aromatic carbocycles. The third-order valence-corrected chi connectivity index (χ3v) is 3.35. The van der Waals surface area contributed by atoms with E-state index in [-0.39, 0.29) is 5.78 Å². The summed E-state index contributed by atoms with van der Waals surface area (Å²) in [7, 11) is 1.63. The van der Waals surface area contributed by atoms with Gasteiger partial charge in [-0.2, -0.15) is 0 Å². The Morgan fingerprint density at radius 1 is 1.05 bits per heavy atom. The number of hydrogen-bond donors (Lipinski definition) is 0. The molecule has 0 heterocycles. The lowest BCUT2D eigenvalue weighted by molar-refractivity contribution is 0.0992. The maximum Gasteiger partial charge on any atom is 0.167 e.